The molecule has 2 heterocycles. The lowest BCUT2D eigenvalue weighted by Gasteiger charge is -2.32. The Morgan fingerprint density at radius 2 is 1.74 bits per heavy atom. The average molecular weight is 472 g/mol. The number of aromatic nitrogens is 1. The second-order valence-electron chi connectivity index (χ2n) is 9.02. The predicted octanol–water partition coefficient (Wildman–Crippen LogP) is 5.31. The van der Waals surface area contributed by atoms with E-state index in [1.54, 1.807) is 6.92 Å². The summed E-state index contributed by atoms with van der Waals surface area (Å²) in [5.74, 6) is -0.515. The average Bonchev–Trinajstić information content (AvgIpc) is 3.37. The van der Waals surface area contributed by atoms with Crippen molar-refractivity contribution in [3.8, 4) is 11.1 Å². The Labute approximate surface area is 193 Å². The number of halogens is 3. The number of carbonyl (C=O) groups is 1. The number of hydrogen-bond acceptors (Lipinski definition) is 5. The van der Waals surface area contributed by atoms with Crippen LogP contribution in [-0.2, 0) is 16.9 Å². The van der Waals surface area contributed by atoms with Gasteiger partial charge in [-0.1, -0.05) is 60.6 Å². The highest BCUT2D eigenvalue weighted by Gasteiger charge is 2.55. The van der Waals surface area contributed by atoms with Crippen LogP contribution < -0.4 is 0 Å². The summed E-state index contributed by atoms with van der Waals surface area (Å²) >= 11 is 0. The fraction of sp³-hybridized carbons (Fsp3) is 0.360. The zero-order valence-electron chi connectivity index (χ0n) is 18.6. The molecule has 9 heteroatoms. The van der Waals surface area contributed by atoms with Crippen LogP contribution in [0, 0.1) is 0 Å². The second-order valence-corrected chi connectivity index (χ2v) is 9.02. The van der Waals surface area contributed by atoms with Crippen molar-refractivity contribution < 1.29 is 32.3 Å². The van der Waals surface area contributed by atoms with Crippen molar-refractivity contribution in [3.63, 3.8) is 0 Å². The molecule has 0 saturated carbocycles. The third kappa shape index (κ3) is 3.46. The number of hydrogen-bond donors (Lipinski definition) is 1. The summed E-state index contributed by atoms with van der Waals surface area (Å²) < 4.78 is 50.8. The van der Waals surface area contributed by atoms with E-state index in [2.05, 4.69) is 5.16 Å². The van der Waals surface area contributed by atoms with Crippen LogP contribution in [-0.4, -0.2) is 40.6 Å². The van der Waals surface area contributed by atoms with Gasteiger partial charge in [0.1, 0.15) is 12.3 Å². The van der Waals surface area contributed by atoms with Gasteiger partial charge in [0.25, 0.3) is 0 Å². The van der Waals surface area contributed by atoms with Gasteiger partial charge < -0.3 is 14.4 Å². The molecule has 0 spiro atoms. The minimum Gasteiger partial charge on any atom is -0.448 e. The first-order valence-corrected chi connectivity index (χ1v) is 11.0. The molecule has 0 fully saturated rings. The minimum atomic E-state index is -4.92. The fourth-order valence-corrected chi connectivity index (χ4v) is 4.92. The van der Waals surface area contributed by atoms with Crippen LogP contribution >= 0.6 is 0 Å². The normalized spacial score (nSPS) is 19.2. The summed E-state index contributed by atoms with van der Waals surface area (Å²) in [7, 11) is 0. The molecular formula is C25H23F3N2O4. The monoisotopic (exact) mass is 472 g/mol. The molecule has 3 aromatic rings. The molecule has 1 aliphatic heterocycles. The molecule has 1 N–H and O–H groups in total. The predicted molar refractivity (Wildman–Crippen MR) is 116 cm³/mol. The van der Waals surface area contributed by atoms with Crippen LogP contribution in [0.5, 0.6) is 0 Å². The van der Waals surface area contributed by atoms with Gasteiger partial charge in [-0.25, -0.2) is 4.79 Å². The summed E-state index contributed by atoms with van der Waals surface area (Å²) in [6.45, 7) is 2.48. The van der Waals surface area contributed by atoms with Gasteiger partial charge in [-0.2, -0.15) is 13.2 Å². The van der Waals surface area contributed by atoms with Gasteiger partial charge in [-0.3, -0.25) is 4.90 Å². The topological polar surface area (TPSA) is 75.8 Å². The van der Waals surface area contributed by atoms with Crippen LogP contribution in [0.25, 0.3) is 11.1 Å². The molecule has 6 nitrogen and oxygen atoms in total. The maximum Gasteiger partial charge on any atom is 0.422 e. The zero-order chi connectivity index (χ0) is 24.3. The fourth-order valence-electron chi connectivity index (χ4n) is 4.92. The summed E-state index contributed by atoms with van der Waals surface area (Å²) in [5.41, 5.74) is 0.868. The van der Waals surface area contributed by atoms with Crippen LogP contribution in [0.3, 0.4) is 0 Å². The number of amides is 1. The molecule has 2 atom stereocenters. The molecule has 2 aromatic carbocycles. The van der Waals surface area contributed by atoms with Crippen LogP contribution in [0.2, 0.25) is 0 Å². The Bertz CT molecular complexity index is 1210. The van der Waals surface area contributed by atoms with Gasteiger partial charge in [0.2, 0.25) is 5.60 Å². The lowest BCUT2D eigenvalue weighted by molar-refractivity contribution is -0.261. The van der Waals surface area contributed by atoms with E-state index >= 15 is 0 Å². The molecule has 0 saturated heterocycles. The van der Waals surface area contributed by atoms with E-state index in [9.17, 15) is 23.1 Å². The first-order valence-electron chi connectivity index (χ1n) is 11.0. The SMILES string of the molecule is C[C@H]1CN(C(=O)OCC2c3ccccc3-c3ccccc32)Cc2onc(C(C)(O)C(F)(F)F)c21. The smallest absolute Gasteiger partial charge is 0.422 e. The quantitative estimate of drug-likeness (QED) is 0.559. The standard InChI is InChI=1S/C25H23F3N2O4/c1-14-11-30(12-20-21(14)22(29-34-20)24(2,32)25(26,27)28)23(31)33-13-19-17-9-5-3-7-15(17)16-8-4-6-10-18(16)19/h3-10,14,19,32H,11-13H2,1-2H3/t14-,24?/m0/s1. The third-order valence-electron chi connectivity index (χ3n) is 6.73. The van der Waals surface area contributed by atoms with E-state index in [1.165, 1.54) is 4.90 Å². The van der Waals surface area contributed by atoms with E-state index in [0.717, 1.165) is 22.3 Å². The van der Waals surface area contributed by atoms with Crippen molar-refractivity contribution in [3.05, 3.63) is 76.7 Å². The van der Waals surface area contributed by atoms with Crippen molar-refractivity contribution in [2.24, 2.45) is 0 Å². The highest BCUT2D eigenvalue weighted by molar-refractivity contribution is 5.79. The molecule has 0 bridgehead atoms. The minimum absolute atomic E-state index is 0.0860. The van der Waals surface area contributed by atoms with Gasteiger partial charge in [0.05, 0.1) is 6.54 Å². The molecule has 1 aromatic heterocycles. The number of ether oxygens (including phenoxy) is 1. The molecule has 1 unspecified atom stereocenters. The third-order valence-corrected chi connectivity index (χ3v) is 6.73. The van der Waals surface area contributed by atoms with E-state index in [0.29, 0.717) is 6.92 Å². The molecule has 1 amide bonds. The number of benzene rings is 2. The summed E-state index contributed by atoms with van der Waals surface area (Å²) in [6, 6.07) is 16.0. The van der Waals surface area contributed by atoms with Crippen molar-refractivity contribution in [2.75, 3.05) is 13.2 Å². The van der Waals surface area contributed by atoms with Gasteiger partial charge in [-0.05, 0) is 29.2 Å². The Kier molecular flexibility index (Phi) is 5.20. The van der Waals surface area contributed by atoms with E-state index in [-0.39, 0.29) is 36.9 Å². The van der Waals surface area contributed by atoms with Gasteiger partial charge in [-0.15, -0.1) is 0 Å². The van der Waals surface area contributed by atoms with Gasteiger partial charge in [0.15, 0.2) is 5.76 Å². The summed E-state index contributed by atoms with van der Waals surface area (Å²) in [6.07, 6.45) is -5.50. The zero-order valence-corrected chi connectivity index (χ0v) is 18.6. The van der Waals surface area contributed by atoms with Crippen molar-refractivity contribution in [2.45, 2.75) is 44.0 Å². The van der Waals surface area contributed by atoms with Gasteiger partial charge >= 0.3 is 12.3 Å². The molecule has 34 heavy (non-hydrogen) atoms. The second kappa shape index (κ2) is 7.87. The highest BCUT2D eigenvalue weighted by atomic mass is 19.4. The Balaban J connectivity index is 1.33. The number of alkyl halides is 3. The summed E-state index contributed by atoms with van der Waals surface area (Å²) in [4.78, 5) is 14.3. The molecule has 5 rings (SSSR count). The van der Waals surface area contributed by atoms with Crippen molar-refractivity contribution >= 4 is 6.09 Å². The lowest BCUT2D eigenvalue weighted by atomic mass is 9.88. The molecule has 1 aliphatic carbocycles. The summed E-state index contributed by atoms with van der Waals surface area (Å²) in [5, 5.41) is 13.6. The Hall–Kier alpha value is -3.33. The number of carbonyl (C=O) groups excluding carboxylic acids is 1. The lowest BCUT2D eigenvalue weighted by Crippen LogP contribution is -2.42. The molecular weight excluding hydrogens is 449 g/mol. The van der Waals surface area contributed by atoms with Crippen LogP contribution in [0.1, 0.15) is 53.8 Å². The van der Waals surface area contributed by atoms with Crippen LogP contribution in [0.4, 0.5) is 18.0 Å². The first-order chi connectivity index (χ1) is 16.1. The Morgan fingerprint density at radius 3 is 2.32 bits per heavy atom. The maximum absolute atomic E-state index is 13.3. The van der Waals surface area contributed by atoms with E-state index in [1.807, 2.05) is 48.5 Å². The van der Waals surface area contributed by atoms with E-state index < -0.39 is 29.5 Å². The number of fused-ring (bicyclic) bond motifs is 4. The first kappa shape index (κ1) is 22.5. The maximum atomic E-state index is 13.3. The highest BCUT2D eigenvalue weighted by Crippen LogP contribution is 2.45. The number of aliphatic hydroxyl groups is 1. The van der Waals surface area contributed by atoms with Crippen molar-refractivity contribution in [1.29, 1.82) is 0 Å². The van der Waals surface area contributed by atoms with E-state index in [4.69, 9.17) is 9.26 Å². The molecule has 178 valence electrons. The Morgan fingerprint density at radius 1 is 1.15 bits per heavy atom. The van der Waals surface area contributed by atoms with Crippen molar-refractivity contribution in [1.82, 2.24) is 10.1 Å². The number of nitrogens with zero attached hydrogens (tertiary/aromatic N) is 2. The van der Waals surface area contributed by atoms with Gasteiger partial charge in [0, 0.05) is 23.9 Å². The molecule has 0 radical (unpaired) electrons. The molecule has 2 aliphatic rings. The van der Waals surface area contributed by atoms with Crippen LogP contribution in [0.15, 0.2) is 53.1 Å². The number of rotatable bonds is 3. The largest absolute Gasteiger partial charge is 0.448 e.